The number of hydrogen-bond acceptors (Lipinski definition) is 5. The number of carbonyl (C=O) groups excluding carboxylic acids is 1. The van der Waals surface area contributed by atoms with E-state index in [0.717, 1.165) is 33.4 Å². The van der Waals surface area contributed by atoms with E-state index in [2.05, 4.69) is 0 Å². The molecule has 35 heavy (non-hydrogen) atoms. The summed E-state index contributed by atoms with van der Waals surface area (Å²) in [7, 11) is 0. The molecule has 0 fully saturated rings. The number of cyclic esters (lactones) is 1. The molecule has 3 aromatic carbocycles. The van der Waals surface area contributed by atoms with Gasteiger partial charge in [-0.2, -0.15) is 0 Å². The molecule has 0 saturated heterocycles. The molecule has 0 unspecified atom stereocenters. The third-order valence-corrected chi connectivity index (χ3v) is 7.00. The van der Waals surface area contributed by atoms with Gasteiger partial charge in [0.1, 0.15) is 11.5 Å². The van der Waals surface area contributed by atoms with Crippen LogP contribution in [0.15, 0.2) is 42.5 Å². The van der Waals surface area contributed by atoms with Crippen LogP contribution in [0.4, 0.5) is 0 Å². The predicted molar refractivity (Wildman–Crippen MR) is 132 cm³/mol. The van der Waals surface area contributed by atoms with Crippen LogP contribution in [0, 0.1) is 0 Å². The van der Waals surface area contributed by atoms with Gasteiger partial charge in [-0.05, 0) is 84.3 Å². The standard InChI is InChI=1S/C29H30O6/c1-5-16-14-25(30)18(7-3)12-23(16)29(24-13-19(8-4)26(31)15-17(24)6-2)22-10-9-20(27(32)33)11-21(22)28(34)35-29/h9-15,30-31H,5-8H2,1-4H3,(H,32,33). The van der Waals surface area contributed by atoms with Crippen molar-refractivity contribution in [1.29, 1.82) is 0 Å². The topological polar surface area (TPSA) is 104 Å². The summed E-state index contributed by atoms with van der Waals surface area (Å²) >= 11 is 0. The Morgan fingerprint density at radius 3 is 1.66 bits per heavy atom. The van der Waals surface area contributed by atoms with Crippen LogP contribution in [0.3, 0.4) is 0 Å². The highest BCUT2D eigenvalue weighted by Crippen LogP contribution is 2.51. The van der Waals surface area contributed by atoms with Gasteiger partial charge in [0.15, 0.2) is 5.60 Å². The van der Waals surface area contributed by atoms with Crippen LogP contribution in [-0.2, 0) is 36.0 Å². The Bertz CT molecular complexity index is 1280. The van der Waals surface area contributed by atoms with Crippen LogP contribution in [-0.4, -0.2) is 27.3 Å². The van der Waals surface area contributed by atoms with E-state index in [4.69, 9.17) is 4.74 Å². The number of benzene rings is 3. The number of aryl methyl sites for hydroxylation is 4. The molecule has 3 N–H and O–H groups in total. The Morgan fingerprint density at radius 1 is 0.743 bits per heavy atom. The first-order chi connectivity index (χ1) is 16.7. The van der Waals surface area contributed by atoms with E-state index in [-0.39, 0.29) is 22.6 Å². The Morgan fingerprint density at radius 2 is 1.23 bits per heavy atom. The zero-order chi connectivity index (χ0) is 25.5. The molecule has 0 radical (unpaired) electrons. The van der Waals surface area contributed by atoms with Gasteiger partial charge in [0.25, 0.3) is 0 Å². The predicted octanol–water partition coefficient (Wildman–Crippen LogP) is 5.51. The molecule has 1 aliphatic rings. The van der Waals surface area contributed by atoms with Gasteiger partial charge in [-0.3, -0.25) is 0 Å². The quantitative estimate of drug-likeness (QED) is 0.390. The summed E-state index contributed by atoms with van der Waals surface area (Å²) in [6.07, 6.45) is 2.31. The molecule has 0 amide bonds. The fourth-order valence-corrected chi connectivity index (χ4v) is 5.11. The summed E-state index contributed by atoms with van der Waals surface area (Å²) in [5.74, 6) is -1.36. The van der Waals surface area contributed by atoms with E-state index >= 15 is 0 Å². The minimum absolute atomic E-state index is 0.00263. The molecule has 0 atom stereocenters. The van der Waals surface area contributed by atoms with Crippen LogP contribution < -0.4 is 0 Å². The number of phenolic OH excluding ortho intramolecular Hbond substituents is 2. The van der Waals surface area contributed by atoms with E-state index < -0.39 is 17.5 Å². The highest BCUT2D eigenvalue weighted by molar-refractivity contribution is 5.99. The zero-order valence-electron chi connectivity index (χ0n) is 20.4. The lowest BCUT2D eigenvalue weighted by Crippen LogP contribution is -2.32. The summed E-state index contributed by atoms with van der Waals surface area (Å²) < 4.78 is 6.29. The summed E-state index contributed by atoms with van der Waals surface area (Å²) in [5.41, 5.74) is 3.93. The smallest absolute Gasteiger partial charge is 0.340 e. The maximum absolute atomic E-state index is 13.3. The Hall–Kier alpha value is -3.80. The first-order valence-corrected chi connectivity index (χ1v) is 12.0. The number of aromatic hydroxyl groups is 2. The molecule has 0 bridgehead atoms. The third kappa shape index (κ3) is 3.73. The number of ether oxygens (including phenoxy) is 1. The molecular formula is C29H30O6. The second-order valence-corrected chi connectivity index (χ2v) is 8.83. The SMILES string of the molecule is CCc1cc(C2(c3cc(CC)c(O)cc3CC)OC(=O)c3cc(C(=O)O)ccc32)c(CC)cc1O. The van der Waals surface area contributed by atoms with Gasteiger partial charge in [-0.15, -0.1) is 0 Å². The van der Waals surface area contributed by atoms with Crippen molar-refractivity contribution in [2.24, 2.45) is 0 Å². The lowest BCUT2D eigenvalue weighted by atomic mass is 9.74. The molecule has 0 spiro atoms. The van der Waals surface area contributed by atoms with Gasteiger partial charge in [-0.1, -0.05) is 33.8 Å². The summed E-state index contributed by atoms with van der Waals surface area (Å²) in [4.78, 5) is 25.0. The van der Waals surface area contributed by atoms with E-state index in [1.165, 1.54) is 12.1 Å². The van der Waals surface area contributed by atoms with Crippen LogP contribution in [0.2, 0.25) is 0 Å². The molecule has 4 rings (SSSR count). The first kappa shape index (κ1) is 24.3. The number of phenols is 2. The number of carboxylic acid groups (broad SMARTS) is 1. The largest absolute Gasteiger partial charge is 0.508 e. The van der Waals surface area contributed by atoms with E-state index in [9.17, 15) is 24.9 Å². The van der Waals surface area contributed by atoms with E-state index in [0.29, 0.717) is 31.2 Å². The monoisotopic (exact) mass is 474 g/mol. The molecule has 6 heteroatoms. The average molecular weight is 475 g/mol. The van der Waals surface area contributed by atoms with Crippen molar-refractivity contribution in [3.05, 3.63) is 92.5 Å². The van der Waals surface area contributed by atoms with Crippen molar-refractivity contribution in [2.75, 3.05) is 0 Å². The number of carboxylic acids is 1. The van der Waals surface area contributed by atoms with Crippen LogP contribution in [0.25, 0.3) is 0 Å². The summed E-state index contributed by atoms with van der Waals surface area (Å²) in [5, 5.41) is 30.7. The summed E-state index contributed by atoms with van der Waals surface area (Å²) in [6.45, 7) is 7.83. The highest BCUT2D eigenvalue weighted by Gasteiger charge is 2.51. The molecule has 0 aliphatic carbocycles. The number of fused-ring (bicyclic) bond motifs is 1. The average Bonchev–Trinajstić information content (AvgIpc) is 3.15. The fraction of sp³-hybridized carbons (Fsp3) is 0.310. The molecule has 1 aliphatic heterocycles. The van der Waals surface area contributed by atoms with Crippen molar-refractivity contribution in [3.8, 4) is 11.5 Å². The number of hydrogen-bond donors (Lipinski definition) is 3. The normalized spacial score (nSPS) is 14.0. The molecule has 0 saturated carbocycles. The minimum Gasteiger partial charge on any atom is -0.508 e. The van der Waals surface area contributed by atoms with Gasteiger partial charge in [-0.25, -0.2) is 9.59 Å². The van der Waals surface area contributed by atoms with Gasteiger partial charge in [0, 0.05) is 16.7 Å². The van der Waals surface area contributed by atoms with E-state index in [1.54, 1.807) is 18.2 Å². The molecule has 6 nitrogen and oxygen atoms in total. The zero-order valence-corrected chi connectivity index (χ0v) is 20.4. The minimum atomic E-state index is -1.35. The van der Waals surface area contributed by atoms with Crippen molar-refractivity contribution < 1.29 is 29.6 Å². The molecular weight excluding hydrogens is 444 g/mol. The molecule has 0 aromatic heterocycles. The maximum Gasteiger partial charge on any atom is 0.340 e. The lowest BCUT2D eigenvalue weighted by Gasteiger charge is -2.34. The van der Waals surface area contributed by atoms with Crippen LogP contribution in [0.1, 0.15) is 87.4 Å². The molecule has 1 heterocycles. The van der Waals surface area contributed by atoms with Crippen LogP contribution >= 0.6 is 0 Å². The highest BCUT2D eigenvalue weighted by atomic mass is 16.6. The van der Waals surface area contributed by atoms with Crippen molar-refractivity contribution in [1.82, 2.24) is 0 Å². The van der Waals surface area contributed by atoms with E-state index in [1.807, 2.05) is 39.8 Å². The second kappa shape index (κ2) is 9.10. The fourth-order valence-electron chi connectivity index (χ4n) is 5.11. The van der Waals surface area contributed by atoms with Gasteiger partial charge >= 0.3 is 11.9 Å². The summed E-state index contributed by atoms with van der Waals surface area (Å²) in [6, 6.07) is 11.7. The third-order valence-electron chi connectivity index (χ3n) is 7.00. The Kier molecular flexibility index (Phi) is 6.32. The van der Waals surface area contributed by atoms with Crippen LogP contribution in [0.5, 0.6) is 11.5 Å². The number of rotatable bonds is 7. The molecule has 3 aromatic rings. The van der Waals surface area contributed by atoms with Crippen molar-refractivity contribution >= 4 is 11.9 Å². The second-order valence-electron chi connectivity index (χ2n) is 8.83. The Balaban J connectivity index is 2.19. The van der Waals surface area contributed by atoms with Gasteiger partial charge in [0.2, 0.25) is 0 Å². The van der Waals surface area contributed by atoms with Gasteiger partial charge in [0.05, 0.1) is 11.1 Å². The van der Waals surface area contributed by atoms with Crippen molar-refractivity contribution in [2.45, 2.75) is 59.0 Å². The van der Waals surface area contributed by atoms with Gasteiger partial charge < -0.3 is 20.1 Å². The number of esters is 1. The van der Waals surface area contributed by atoms with Crippen molar-refractivity contribution in [3.63, 3.8) is 0 Å². The first-order valence-electron chi connectivity index (χ1n) is 12.0. The number of aromatic carboxylic acids is 1. The number of carbonyl (C=O) groups is 2. The lowest BCUT2D eigenvalue weighted by molar-refractivity contribution is 0.0246. The molecule has 182 valence electrons. The maximum atomic E-state index is 13.3. The Labute approximate surface area is 204 Å².